The molecule has 0 atom stereocenters. The van der Waals surface area contributed by atoms with Gasteiger partial charge in [0.2, 0.25) is 5.78 Å². The van der Waals surface area contributed by atoms with Gasteiger partial charge >= 0.3 is 5.97 Å². The second kappa shape index (κ2) is 8.16. The Balaban J connectivity index is 1.57. The number of halogens is 1. The molecule has 3 aromatic carbocycles. The van der Waals surface area contributed by atoms with Crippen molar-refractivity contribution in [1.29, 1.82) is 0 Å². The Morgan fingerprint density at radius 3 is 2.37 bits per heavy atom. The number of methoxy groups -OCH3 is 1. The molecule has 0 fully saturated rings. The van der Waals surface area contributed by atoms with E-state index in [0.717, 1.165) is 10.0 Å². The third-order valence-corrected chi connectivity index (χ3v) is 5.18. The van der Waals surface area contributed by atoms with E-state index in [1.165, 1.54) is 0 Å². The van der Waals surface area contributed by atoms with Gasteiger partial charge in [-0.05, 0) is 66.6 Å². The van der Waals surface area contributed by atoms with Crippen molar-refractivity contribution in [2.75, 3.05) is 7.11 Å². The second-order valence-electron chi connectivity index (χ2n) is 6.72. The molecule has 0 bridgehead atoms. The Hall–Kier alpha value is -3.38. The molecule has 5 nitrogen and oxygen atoms in total. The van der Waals surface area contributed by atoms with Crippen molar-refractivity contribution in [3.63, 3.8) is 0 Å². The van der Waals surface area contributed by atoms with Crippen LogP contribution in [0.15, 0.2) is 70.9 Å². The van der Waals surface area contributed by atoms with Crippen LogP contribution < -0.4 is 14.2 Å². The van der Waals surface area contributed by atoms with Gasteiger partial charge in [0.05, 0.1) is 18.2 Å². The first kappa shape index (κ1) is 19.9. The number of carbonyl (C=O) groups is 2. The molecule has 0 unspecified atom stereocenters. The summed E-state index contributed by atoms with van der Waals surface area (Å²) in [5.41, 5.74) is 2.39. The number of fused-ring (bicyclic) bond motifs is 1. The second-order valence-corrected chi connectivity index (χ2v) is 7.64. The maximum Gasteiger partial charge on any atom is 0.343 e. The summed E-state index contributed by atoms with van der Waals surface area (Å²) in [6.07, 6.45) is 1.69. The van der Waals surface area contributed by atoms with Crippen molar-refractivity contribution in [2.24, 2.45) is 0 Å². The normalized spacial score (nSPS) is 13.7. The molecule has 1 heterocycles. The van der Waals surface area contributed by atoms with Gasteiger partial charge in [0.1, 0.15) is 17.2 Å². The number of rotatable bonds is 4. The number of ether oxygens (including phenoxy) is 3. The third kappa shape index (κ3) is 4.00. The van der Waals surface area contributed by atoms with Crippen LogP contribution in [0.4, 0.5) is 0 Å². The molecule has 0 saturated heterocycles. The summed E-state index contributed by atoms with van der Waals surface area (Å²) in [6.45, 7) is 1.79. The number of benzene rings is 3. The minimum Gasteiger partial charge on any atom is -0.497 e. The van der Waals surface area contributed by atoms with E-state index >= 15 is 0 Å². The Kier molecular flexibility index (Phi) is 5.42. The van der Waals surface area contributed by atoms with Crippen LogP contribution in [0.1, 0.15) is 31.8 Å². The van der Waals surface area contributed by atoms with E-state index in [-0.39, 0.29) is 11.5 Å². The minimum atomic E-state index is -0.507. The number of ketones is 1. The molecule has 0 spiro atoms. The van der Waals surface area contributed by atoms with E-state index in [0.29, 0.717) is 33.9 Å². The highest BCUT2D eigenvalue weighted by Gasteiger charge is 2.30. The smallest absolute Gasteiger partial charge is 0.343 e. The van der Waals surface area contributed by atoms with E-state index in [1.54, 1.807) is 56.5 Å². The Labute approximate surface area is 182 Å². The fraction of sp³-hybridized carbons (Fsp3) is 0.0833. The van der Waals surface area contributed by atoms with Crippen LogP contribution in [0.2, 0.25) is 0 Å². The molecule has 6 heteroatoms. The molecule has 1 aliphatic heterocycles. The highest BCUT2D eigenvalue weighted by molar-refractivity contribution is 9.10. The molecule has 4 rings (SSSR count). The van der Waals surface area contributed by atoms with Crippen LogP contribution in [-0.2, 0) is 0 Å². The van der Waals surface area contributed by atoms with Gasteiger partial charge in [0, 0.05) is 10.5 Å². The highest BCUT2D eigenvalue weighted by Crippen LogP contribution is 2.37. The minimum absolute atomic E-state index is 0.196. The van der Waals surface area contributed by atoms with E-state index in [1.807, 2.05) is 24.3 Å². The van der Waals surface area contributed by atoms with Gasteiger partial charge in [-0.25, -0.2) is 4.79 Å². The number of esters is 1. The van der Waals surface area contributed by atoms with Crippen molar-refractivity contribution in [2.45, 2.75) is 6.92 Å². The lowest BCUT2D eigenvalue weighted by Gasteiger charge is -2.08. The average molecular weight is 465 g/mol. The molecular weight excluding hydrogens is 448 g/mol. The third-order valence-electron chi connectivity index (χ3n) is 4.65. The number of aryl methyl sites for hydroxylation is 1. The van der Waals surface area contributed by atoms with Crippen molar-refractivity contribution >= 4 is 33.8 Å². The van der Waals surface area contributed by atoms with Crippen molar-refractivity contribution in [1.82, 2.24) is 0 Å². The molecule has 0 aromatic heterocycles. The summed E-state index contributed by atoms with van der Waals surface area (Å²) in [4.78, 5) is 25.2. The Morgan fingerprint density at radius 1 is 1.00 bits per heavy atom. The molecule has 0 N–H and O–H groups in total. The quantitative estimate of drug-likeness (QED) is 0.285. The van der Waals surface area contributed by atoms with Gasteiger partial charge in [-0.1, -0.05) is 28.1 Å². The lowest BCUT2D eigenvalue weighted by molar-refractivity contribution is 0.0734. The fourth-order valence-electron chi connectivity index (χ4n) is 3.14. The Morgan fingerprint density at radius 2 is 1.70 bits per heavy atom. The first-order chi connectivity index (χ1) is 14.4. The predicted molar refractivity (Wildman–Crippen MR) is 116 cm³/mol. The highest BCUT2D eigenvalue weighted by atomic mass is 79.9. The van der Waals surface area contributed by atoms with Crippen LogP contribution in [-0.4, -0.2) is 18.9 Å². The zero-order valence-corrected chi connectivity index (χ0v) is 17.9. The van der Waals surface area contributed by atoms with E-state index in [2.05, 4.69) is 15.9 Å². The summed E-state index contributed by atoms with van der Waals surface area (Å²) >= 11 is 3.39. The topological polar surface area (TPSA) is 61.8 Å². The van der Waals surface area contributed by atoms with Crippen LogP contribution >= 0.6 is 15.9 Å². The van der Waals surface area contributed by atoms with Gasteiger partial charge in [0.25, 0.3) is 0 Å². The lowest BCUT2D eigenvalue weighted by Crippen LogP contribution is -2.08. The van der Waals surface area contributed by atoms with Crippen LogP contribution in [0.5, 0.6) is 17.2 Å². The maximum atomic E-state index is 12.8. The average Bonchev–Trinajstić information content (AvgIpc) is 3.05. The van der Waals surface area contributed by atoms with E-state index < -0.39 is 5.97 Å². The summed E-state index contributed by atoms with van der Waals surface area (Å²) < 4.78 is 17.3. The fourth-order valence-corrected chi connectivity index (χ4v) is 3.40. The van der Waals surface area contributed by atoms with Gasteiger partial charge in [0.15, 0.2) is 5.76 Å². The van der Waals surface area contributed by atoms with Crippen LogP contribution in [0, 0.1) is 6.92 Å². The first-order valence-corrected chi connectivity index (χ1v) is 9.94. The van der Waals surface area contributed by atoms with E-state index in [9.17, 15) is 9.59 Å². The van der Waals surface area contributed by atoms with Crippen LogP contribution in [0.3, 0.4) is 0 Å². The van der Waals surface area contributed by atoms with Gasteiger partial charge in [-0.2, -0.15) is 0 Å². The molecule has 0 saturated carbocycles. The number of hydrogen-bond acceptors (Lipinski definition) is 5. The summed E-state index contributed by atoms with van der Waals surface area (Å²) in [7, 11) is 1.56. The first-order valence-electron chi connectivity index (χ1n) is 9.15. The molecular formula is C24H17BrO5. The summed E-state index contributed by atoms with van der Waals surface area (Å²) in [5.74, 6) is 0.863. The maximum absolute atomic E-state index is 12.8. The zero-order valence-electron chi connectivity index (χ0n) is 16.3. The number of allylic oxidation sites excluding steroid dienone is 1. The summed E-state index contributed by atoms with van der Waals surface area (Å²) in [5, 5.41) is 0. The van der Waals surface area contributed by atoms with Gasteiger partial charge in [-0.3, -0.25) is 4.79 Å². The molecule has 0 amide bonds. The standard InChI is InChI=1S/C24H17BrO5/c1-14-11-19(29-24(27)16-5-9-18(28-2)10-6-16)13-20-22(14)23(26)21(30-20)12-15-3-7-17(25)8-4-15/h3-13H,1-2H3/b21-12-. The monoisotopic (exact) mass is 464 g/mol. The van der Waals surface area contributed by atoms with Crippen molar-refractivity contribution in [3.8, 4) is 17.2 Å². The largest absolute Gasteiger partial charge is 0.497 e. The van der Waals surface area contributed by atoms with Crippen molar-refractivity contribution < 1.29 is 23.8 Å². The summed E-state index contributed by atoms with van der Waals surface area (Å²) in [6, 6.07) is 17.4. The van der Waals surface area contributed by atoms with Crippen LogP contribution in [0.25, 0.3) is 6.08 Å². The lowest BCUT2D eigenvalue weighted by atomic mass is 10.0. The molecule has 30 heavy (non-hydrogen) atoms. The van der Waals surface area contributed by atoms with Gasteiger partial charge < -0.3 is 14.2 Å². The zero-order chi connectivity index (χ0) is 21.3. The molecule has 3 aromatic rings. The molecule has 0 aliphatic carbocycles. The Bertz CT molecular complexity index is 1160. The predicted octanol–water partition coefficient (Wildman–Crippen LogP) is 5.60. The SMILES string of the molecule is COc1ccc(C(=O)Oc2cc(C)c3c(c2)O/C(=C\c2ccc(Br)cc2)C3=O)cc1. The van der Waals surface area contributed by atoms with Crippen molar-refractivity contribution in [3.05, 3.63) is 93.1 Å². The number of Topliss-reactive ketones (excluding diaryl/α,β-unsaturated/α-hetero) is 1. The molecule has 1 aliphatic rings. The van der Waals surface area contributed by atoms with E-state index in [4.69, 9.17) is 14.2 Å². The molecule has 0 radical (unpaired) electrons. The van der Waals surface area contributed by atoms with Gasteiger partial charge in [-0.15, -0.1) is 0 Å². The molecule has 150 valence electrons. The number of hydrogen-bond donors (Lipinski definition) is 0. The number of carbonyl (C=O) groups excluding carboxylic acids is 2.